The molecule has 4 rings (SSSR count). The Labute approximate surface area is 342 Å². The maximum absolute atomic E-state index is 13.0. The van der Waals surface area contributed by atoms with E-state index in [4.69, 9.17) is 28.4 Å². The third kappa shape index (κ3) is 11.5. The summed E-state index contributed by atoms with van der Waals surface area (Å²) in [6, 6.07) is 7.81. The van der Waals surface area contributed by atoms with Crippen LogP contribution in [0.25, 0.3) is 0 Å². The first-order valence-electron chi connectivity index (χ1n) is 20.5. The van der Waals surface area contributed by atoms with Gasteiger partial charge >= 0.3 is 11.9 Å². The highest BCUT2D eigenvalue weighted by Gasteiger charge is 2.56. The summed E-state index contributed by atoms with van der Waals surface area (Å²) in [5.74, 6) is -0.00484. The molecule has 2 aromatic rings. The highest BCUT2D eigenvalue weighted by atomic mass is 16.7. The monoisotopic (exact) mass is 797 g/mol. The fraction of sp³-hybridized carbons (Fsp3) is 0.702. The van der Waals surface area contributed by atoms with Gasteiger partial charge in [-0.15, -0.1) is 0 Å². The van der Waals surface area contributed by atoms with Crippen molar-refractivity contribution < 1.29 is 48.2 Å². The number of aromatic hydroxyl groups is 2. The molecule has 0 saturated carbocycles. The first-order valence-corrected chi connectivity index (χ1v) is 20.5. The van der Waals surface area contributed by atoms with Crippen LogP contribution in [0, 0.1) is 35.5 Å². The molecule has 0 aromatic heterocycles. The number of esters is 2. The second-order valence-corrected chi connectivity index (χ2v) is 21.3. The Bertz CT molecular complexity index is 1720. The topological polar surface area (TPSA) is 130 Å². The Hall–Kier alpha value is -3.18. The molecule has 2 N–H and O–H groups in total. The van der Waals surface area contributed by atoms with Gasteiger partial charge in [-0.1, -0.05) is 114 Å². The fourth-order valence-corrected chi connectivity index (χ4v) is 7.86. The number of hydrogen-bond donors (Lipinski definition) is 2. The lowest BCUT2D eigenvalue weighted by Gasteiger charge is -2.55. The number of phenolic OH excluding ortho intramolecular Hbond substituents is 2. The van der Waals surface area contributed by atoms with Crippen LogP contribution in [-0.2, 0) is 61.7 Å². The number of carbonyl (C=O) groups excluding carboxylic acids is 2. The third-order valence-electron chi connectivity index (χ3n) is 11.2. The average Bonchev–Trinajstić information content (AvgIpc) is 3.09. The molecule has 57 heavy (non-hydrogen) atoms. The van der Waals surface area contributed by atoms with Crippen LogP contribution >= 0.6 is 0 Å². The van der Waals surface area contributed by atoms with E-state index >= 15 is 0 Å². The fourth-order valence-electron chi connectivity index (χ4n) is 7.86. The molecule has 0 radical (unpaired) electrons. The Morgan fingerprint density at radius 3 is 1.37 bits per heavy atom. The summed E-state index contributed by atoms with van der Waals surface area (Å²) in [6.45, 7) is 31.6. The lowest BCUT2D eigenvalue weighted by Crippen LogP contribution is -2.64. The summed E-state index contributed by atoms with van der Waals surface area (Å²) in [7, 11) is 0. The average molecular weight is 797 g/mol. The predicted molar refractivity (Wildman–Crippen MR) is 221 cm³/mol. The van der Waals surface area contributed by atoms with Gasteiger partial charge in [0.2, 0.25) is 0 Å². The quantitative estimate of drug-likeness (QED) is 0.201. The van der Waals surface area contributed by atoms with Crippen molar-refractivity contribution in [3.63, 3.8) is 0 Å². The number of hydrogen-bond acceptors (Lipinski definition) is 10. The second-order valence-electron chi connectivity index (χ2n) is 21.3. The van der Waals surface area contributed by atoms with E-state index < -0.39 is 28.8 Å². The number of rotatable bonds is 12. The van der Waals surface area contributed by atoms with E-state index in [-0.39, 0.29) is 60.3 Å². The van der Waals surface area contributed by atoms with Gasteiger partial charge in [0.25, 0.3) is 0 Å². The summed E-state index contributed by atoms with van der Waals surface area (Å²) in [4.78, 5) is 25.9. The zero-order chi connectivity index (χ0) is 42.9. The van der Waals surface area contributed by atoms with Crippen LogP contribution in [0.2, 0.25) is 0 Å². The molecule has 2 aromatic carbocycles. The van der Waals surface area contributed by atoms with E-state index in [1.165, 1.54) is 0 Å². The number of phenols is 2. The SMILES string of the molecule is Cc1cc(CCC(=O)OCC(C)(C)C2OCC3(CO2)COC(C(C)(C)COC(=O)CCc2cc(C)c(O)c(C(C)(C)C)c2)OC3C(C)(C)C)cc(C(C)(C)C)c1O. The second kappa shape index (κ2) is 17.2. The van der Waals surface area contributed by atoms with Crippen LogP contribution in [0.5, 0.6) is 11.5 Å². The molecule has 2 aliphatic rings. The molecule has 2 atom stereocenters. The van der Waals surface area contributed by atoms with Crippen LogP contribution in [0.3, 0.4) is 0 Å². The standard InChI is InChI=1S/C47H72O10/c1-29-20-31(22-33(37(29)50)42(3,4)5)16-18-35(48)52-24-45(12,13)40-54-26-47(27-55-40)28-56-41(57-39(47)44(9,10)11)46(14,15)25-53-36(49)19-17-32-21-30(2)38(51)34(23-32)43(6,7)8/h20-23,39-41,50-51H,16-19,24-28H2,1-15H3. The first-order chi connectivity index (χ1) is 26.1. The maximum Gasteiger partial charge on any atom is 0.306 e. The number of ether oxygens (including phenoxy) is 6. The van der Waals surface area contributed by atoms with Crippen LogP contribution in [0.4, 0.5) is 0 Å². The van der Waals surface area contributed by atoms with Gasteiger partial charge in [-0.05, 0) is 76.3 Å². The van der Waals surface area contributed by atoms with Crippen LogP contribution in [-0.4, -0.2) is 73.9 Å². The summed E-state index contributed by atoms with van der Waals surface area (Å²) in [6.07, 6.45) is -0.0798. The highest BCUT2D eigenvalue weighted by Crippen LogP contribution is 2.48. The number of aryl methyl sites for hydroxylation is 4. The molecule has 0 bridgehead atoms. The van der Waals surface area contributed by atoms with Crippen molar-refractivity contribution in [1.82, 2.24) is 0 Å². The zero-order valence-corrected chi connectivity index (χ0v) is 37.6. The van der Waals surface area contributed by atoms with E-state index in [9.17, 15) is 19.8 Å². The van der Waals surface area contributed by atoms with Gasteiger partial charge in [0, 0.05) is 23.7 Å². The van der Waals surface area contributed by atoms with E-state index in [1.54, 1.807) is 0 Å². The minimum atomic E-state index is -0.643. The molecule has 10 heteroatoms. The van der Waals surface area contributed by atoms with Gasteiger partial charge in [-0.2, -0.15) is 0 Å². The Kier molecular flexibility index (Phi) is 14.0. The summed E-state index contributed by atoms with van der Waals surface area (Å²) in [5, 5.41) is 21.2. The minimum absolute atomic E-state index is 0.122. The molecule has 2 fully saturated rings. The lowest BCUT2D eigenvalue weighted by atomic mass is 9.70. The van der Waals surface area contributed by atoms with Crippen molar-refractivity contribution in [3.05, 3.63) is 57.6 Å². The van der Waals surface area contributed by atoms with Crippen LogP contribution < -0.4 is 0 Å². The van der Waals surface area contributed by atoms with Crippen molar-refractivity contribution >= 4 is 11.9 Å². The van der Waals surface area contributed by atoms with Gasteiger partial charge in [0.1, 0.15) is 24.7 Å². The predicted octanol–water partition coefficient (Wildman–Crippen LogP) is 9.16. The Balaban J connectivity index is 1.30. The van der Waals surface area contributed by atoms with Crippen molar-refractivity contribution in [3.8, 4) is 11.5 Å². The minimum Gasteiger partial charge on any atom is -0.507 e. The number of carbonyl (C=O) groups is 2. The summed E-state index contributed by atoms with van der Waals surface area (Å²) in [5.41, 5.74) is 2.70. The lowest BCUT2D eigenvalue weighted by molar-refractivity contribution is -0.372. The molecule has 2 saturated heterocycles. The molecule has 2 aliphatic heterocycles. The van der Waals surface area contributed by atoms with E-state index in [1.807, 2.05) is 65.8 Å². The van der Waals surface area contributed by atoms with Gasteiger partial charge < -0.3 is 38.6 Å². The van der Waals surface area contributed by atoms with Gasteiger partial charge in [0.05, 0.1) is 31.3 Å². The van der Waals surface area contributed by atoms with Crippen molar-refractivity contribution in [2.24, 2.45) is 21.7 Å². The molecule has 1 spiro atoms. The van der Waals surface area contributed by atoms with E-state index in [0.29, 0.717) is 44.2 Å². The highest BCUT2D eigenvalue weighted by molar-refractivity contribution is 5.70. The molecule has 2 unspecified atom stereocenters. The largest absolute Gasteiger partial charge is 0.507 e. The molecule has 0 amide bonds. The van der Waals surface area contributed by atoms with Gasteiger partial charge in [-0.25, -0.2) is 0 Å². The van der Waals surface area contributed by atoms with Crippen molar-refractivity contribution in [1.29, 1.82) is 0 Å². The van der Waals surface area contributed by atoms with E-state index in [0.717, 1.165) is 33.4 Å². The smallest absolute Gasteiger partial charge is 0.306 e. The molecule has 10 nitrogen and oxygen atoms in total. The molecule has 0 aliphatic carbocycles. The number of benzene rings is 2. The zero-order valence-electron chi connectivity index (χ0n) is 37.6. The first kappa shape index (κ1) is 46.5. The summed E-state index contributed by atoms with van der Waals surface area (Å²) >= 11 is 0. The summed E-state index contributed by atoms with van der Waals surface area (Å²) < 4.78 is 37.6. The maximum atomic E-state index is 13.0. The molecular formula is C47H72O10. The Morgan fingerprint density at radius 2 is 1.00 bits per heavy atom. The van der Waals surface area contributed by atoms with Gasteiger partial charge in [0.15, 0.2) is 12.6 Å². The van der Waals surface area contributed by atoms with Crippen molar-refractivity contribution in [2.75, 3.05) is 33.0 Å². The Morgan fingerprint density at radius 1 is 0.632 bits per heavy atom. The normalized spacial score (nSPS) is 22.4. The van der Waals surface area contributed by atoms with Crippen molar-refractivity contribution in [2.45, 2.75) is 159 Å². The molecule has 2 heterocycles. The third-order valence-corrected chi connectivity index (χ3v) is 11.2. The van der Waals surface area contributed by atoms with Crippen LogP contribution in [0.15, 0.2) is 24.3 Å². The molecular weight excluding hydrogens is 725 g/mol. The van der Waals surface area contributed by atoms with Crippen LogP contribution in [0.1, 0.15) is 136 Å². The molecule has 320 valence electrons. The van der Waals surface area contributed by atoms with E-state index in [2.05, 4.69) is 62.3 Å². The van der Waals surface area contributed by atoms with Gasteiger partial charge in [-0.3, -0.25) is 9.59 Å².